The fraction of sp³-hybridized carbons (Fsp3) is 0.286. The number of hydrogen-bond donors (Lipinski definition) is 1. The van der Waals surface area contributed by atoms with Gasteiger partial charge in [-0.1, -0.05) is 6.07 Å². The Labute approximate surface area is 219 Å². The minimum absolute atomic E-state index is 0.181. The topological polar surface area (TPSA) is 92.4 Å². The number of β-amino-alcohol motifs (C(OH)–C–C–N with tert-alkyl or cyclic N) is 1. The number of halogens is 1. The third-order valence-corrected chi connectivity index (χ3v) is 7.01. The Bertz CT molecular complexity index is 1580. The summed E-state index contributed by atoms with van der Waals surface area (Å²) >= 11 is 0. The molecule has 6 rings (SSSR count). The van der Waals surface area contributed by atoms with Crippen molar-refractivity contribution in [1.82, 2.24) is 34.3 Å². The van der Waals surface area contributed by atoms with Crippen LogP contribution in [0.5, 0.6) is 11.8 Å². The van der Waals surface area contributed by atoms with E-state index in [-0.39, 0.29) is 18.4 Å². The van der Waals surface area contributed by atoms with E-state index in [0.717, 1.165) is 53.7 Å². The Balaban J connectivity index is 1.33. The van der Waals surface area contributed by atoms with E-state index < -0.39 is 0 Å². The molecule has 0 bridgehead atoms. The zero-order valence-electron chi connectivity index (χ0n) is 21.1. The third-order valence-electron chi connectivity index (χ3n) is 7.01. The molecule has 0 unspecified atom stereocenters. The Morgan fingerprint density at radius 3 is 2.47 bits per heavy atom. The second kappa shape index (κ2) is 10.4. The maximum atomic E-state index is 15.4. The highest BCUT2D eigenvalue weighted by Gasteiger charge is 2.19. The molecule has 1 fully saturated rings. The van der Waals surface area contributed by atoms with Crippen molar-refractivity contribution in [3.8, 4) is 22.9 Å². The molecule has 194 valence electrons. The minimum atomic E-state index is -0.335. The fourth-order valence-electron chi connectivity index (χ4n) is 5.05. The van der Waals surface area contributed by atoms with Gasteiger partial charge in [0.25, 0.3) is 0 Å². The summed E-state index contributed by atoms with van der Waals surface area (Å²) < 4.78 is 23.3. The molecule has 0 aliphatic carbocycles. The Kier molecular flexibility index (Phi) is 6.67. The molecule has 1 saturated heterocycles. The third kappa shape index (κ3) is 4.81. The van der Waals surface area contributed by atoms with Crippen molar-refractivity contribution >= 4 is 21.9 Å². The second-order valence-electron chi connectivity index (χ2n) is 9.49. The molecule has 0 radical (unpaired) electrons. The molecule has 5 aromatic rings. The average molecular weight is 514 g/mol. The van der Waals surface area contributed by atoms with Crippen LogP contribution in [0.4, 0.5) is 4.39 Å². The first kappa shape index (κ1) is 24.4. The van der Waals surface area contributed by atoms with Crippen LogP contribution in [0.15, 0.2) is 61.3 Å². The number of imidazole rings is 1. The number of aliphatic hydroxyl groups is 1. The van der Waals surface area contributed by atoms with E-state index in [9.17, 15) is 5.11 Å². The van der Waals surface area contributed by atoms with Gasteiger partial charge in [0.2, 0.25) is 0 Å². The van der Waals surface area contributed by atoms with E-state index >= 15 is 4.39 Å². The lowest BCUT2D eigenvalue weighted by atomic mass is 9.98. The smallest absolute Gasteiger partial charge is 0.321 e. The quantitative estimate of drug-likeness (QED) is 0.351. The normalized spacial score (nSPS) is 14.9. The molecule has 1 aliphatic rings. The summed E-state index contributed by atoms with van der Waals surface area (Å²) in [5.41, 5.74) is 4.44. The SMILES string of the molecule is Cc1cc(Oc2ncccn2)ccc1-c1cc2c(cc1F)ncc1ncn(CN3CCN(CCO)CC3)c12. The van der Waals surface area contributed by atoms with Crippen molar-refractivity contribution in [1.29, 1.82) is 0 Å². The first-order valence-corrected chi connectivity index (χ1v) is 12.6. The van der Waals surface area contributed by atoms with Gasteiger partial charge in [-0.2, -0.15) is 0 Å². The van der Waals surface area contributed by atoms with Crippen LogP contribution in [0.3, 0.4) is 0 Å². The summed E-state index contributed by atoms with van der Waals surface area (Å²) in [6.45, 7) is 7.15. The van der Waals surface area contributed by atoms with Gasteiger partial charge in [-0.05, 0) is 42.3 Å². The van der Waals surface area contributed by atoms with E-state index in [1.54, 1.807) is 30.7 Å². The molecule has 1 aliphatic heterocycles. The van der Waals surface area contributed by atoms with Crippen molar-refractivity contribution in [2.45, 2.75) is 13.6 Å². The average Bonchev–Trinajstić information content (AvgIpc) is 3.33. The van der Waals surface area contributed by atoms with Crippen LogP contribution in [0.25, 0.3) is 33.1 Å². The standard InChI is InChI=1S/C28H28FN7O2/c1-19-13-20(38-28-30-5-2-6-31-28)3-4-21(19)22-14-23-25(15-24(22)29)32-16-26-27(23)36(17-33-26)18-35-9-7-34(8-10-35)11-12-37/h2-6,13-17,37H,7-12,18H2,1H3. The monoisotopic (exact) mass is 513 g/mol. The van der Waals surface area contributed by atoms with Crippen molar-refractivity contribution in [2.24, 2.45) is 0 Å². The molecule has 0 amide bonds. The predicted octanol–water partition coefficient (Wildman–Crippen LogP) is 3.85. The lowest BCUT2D eigenvalue weighted by Gasteiger charge is -2.34. The fourth-order valence-corrected chi connectivity index (χ4v) is 5.05. The van der Waals surface area contributed by atoms with Crippen LogP contribution in [-0.4, -0.2) is 78.7 Å². The van der Waals surface area contributed by atoms with Crippen LogP contribution in [0.1, 0.15) is 5.56 Å². The van der Waals surface area contributed by atoms with Gasteiger partial charge in [-0.15, -0.1) is 0 Å². The first-order chi connectivity index (χ1) is 18.6. The van der Waals surface area contributed by atoms with Crippen molar-refractivity contribution < 1.29 is 14.2 Å². The first-order valence-electron chi connectivity index (χ1n) is 12.6. The molecule has 4 heterocycles. The molecule has 0 saturated carbocycles. The molecule has 10 heteroatoms. The van der Waals surface area contributed by atoms with Gasteiger partial charge >= 0.3 is 6.01 Å². The number of piperazine rings is 1. The number of nitrogens with zero attached hydrogens (tertiary/aromatic N) is 7. The van der Waals surface area contributed by atoms with E-state index in [2.05, 4.69) is 34.3 Å². The lowest BCUT2D eigenvalue weighted by molar-refractivity contribution is 0.0942. The predicted molar refractivity (Wildman–Crippen MR) is 142 cm³/mol. The molecule has 9 nitrogen and oxygen atoms in total. The van der Waals surface area contributed by atoms with Gasteiger partial charge in [0.05, 0.1) is 36.8 Å². The van der Waals surface area contributed by atoms with E-state index in [0.29, 0.717) is 30.0 Å². The van der Waals surface area contributed by atoms with Crippen molar-refractivity contribution in [3.05, 3.63) is 72.7 Å². The number of benzene rings is 2. The molecule has 3 aromatic heterocycles. The molecule has 38 heavy (non-hydrogen) atoms. The maximum Gasteiger partial charge on any atom is 0.321 e. The zero-order valence-corrected chi connectivity index (χ0v) is 21.1. The van der Waals surface area contributed by atoms with E-state index in [1.165, 1.54) is 6.07 Å². The molecular weight excluding hydrogens is 485 g/mol. The maximum absolute atomic E-state index is 15.4. The summed E-state index contributed by atoms with van der Waals surface area (Å²) in [5, 5.41) is 10.1. The van der Waals surface area contributed by atoms with Crippen LogP contribution in [0, 0.1) is 12.7 Å². The lowest BCUT2D eigenvalue weighted by Crippen LogP contribution is -2.47. The molecule has 0 spiro atoms. The minimum Gasteiger partial charge on any atom is -0.424 e. The number of ether oxygens (including phenoxy) is 1. The van der Waals surface area contributed by atoms with Crippen LogP contribution in [-0.2, 0) is 6.67 Å². The summed E-state index contributed by atoms with van der Waals surface area (Å²) in [7, 11) is 0. The Morgan fingerprint density at radius 1 is 0.921 bits per heavy atom. The molecule has 0 atom stereocenters. The van der Waals surface area contributed by atoms with E-state index in [1.807, 2.05) is 31.5 Å². The highest BCUT2D eigenvalue weighted by Crippen LogP contribution is 2.34. The summed E-state index contributed by atoms with van der Waals surface area (Å²) in [6.07, 6.45) is 6.77. The number of aromatic nitrogens is 5. The van der Waals surface area contributed by atoms with Gasteiger partial charge < -0.3 is 14.4 Å². The van der Waals surface area contributed by atoms with Crippen molar-refractivity contribution in [3.63, 3.8) is 0 Å². The van der Waals surface area contributed by atoms with Gasteiger partial charge in [0.15, 0.2) is 0 Å². The highest BCUT2D eigenvalue weighted by atomic mass is 19.1. The van der Waals surface area contributed by atoms with Crippen molar-refractivity contribution in [2.75, 3.05) is 39.3 Å². The number of pyridine rings is 1. The number of hydrogen-bond acceptors (Lipinski definition) is 8. The Hall–Kier alpha value is -3.99. The molecule has 1 N–H and O–H groups in total. The zero-order chi connectivity index (χ0) is 26.1. The van der Waals surface area contributed by atoms with Crippen LogP contribution < -0.4 is 4.74 Å². The van der Waals surface area contributed by atoms with Gasteiger partial charge in [0, 0.05) is 62.1 Å². The molecular formula is C28H28FN7O2. The van der Waals surface area contributed by atoms with E-state index in [4.69, 9.17) is 4.74 Å². The highest BCUT2D eigenvalue weighted by molar-refractivity contribution is 6.04. The largest absolute Gasteiger partial charge is 0.424 e. The van der Waals surface area contributed by atoms with Gasteiger partial charge in [-0.3, -0.25) is 14.8 Å². The summed E-state index contributed by atoms with van der Waals surface area (Å²) in [6, 6.07) is 10.9. The number of rotatable bonds is 7. The summed E-state index contributed by atoms with van der Waals surface area (Å²) in [4.78, 5) is 21.9. The molecule has 2 aromatic carbocycles. The number of aryl methyl sites for hydroxylation is 1. The van der Waals surface area contributed by atoms with Crippen LogP contribution >= 0.6 is 0 Å². The van der Waals surface area contributed by atoms with Gasteiger partial charge in [-0.25, -0.2) is 19.3 Å². The van der Waals surface area contributed by atoms with Gasteiger partial charge in [0.1, 0.15) is 17.1 Å². The Morgan fingerprint density at radius 2 is 1.71 bits per heavy atom. The second-order valence-corrected chi connectivity index (χ2v) is 9.49. The van der Waals surface area contributed by atoms with Crippen LogP contribution in [0.2, 0.25) is 0 Å². The number of fused-ring (bicyclic) bond motifs is 3. The number of aliphatic hydroxyl groups excluding tert-OH is 1. The summed E-state index contributed by atoms with van der Waals surface area (Å²) in [5.74, 6) is 0.249.